The van der Waals surface area contributed by atoms with Gasteiger partial charge in [-0.25, -0.2) is 8.42 Å². The SMILES string of the molecule is Cc1ccc(S(=O)(=O)N2C[C@H](C(=O)NCCOc3ccc(Cl)cc3)Oc3ccc(Cl)cc32)cc1. The van der Waals surface area contributed by atoms with Crippen LogP contribution in [0.5, 0.6) is 11.5 Å². The van der Waals surface area contributed by atoms with Gasteiger partial charge in [-0.1, -0.05) is 40.9 Å². The van der Waals surface area contributed by atoms with Crippen molar-refractivity contribution in [3.8, 4) is 11.5 Å². The van der Waals surface area contributed by atoms with Crippen molar-refractivity contribution in [3.05, 3.63) is 82.3 Å². The second-order valence-electron chi connectivity index (χ2n) is 7.66. The summed E-state index contributed by atoms with van der Waals surface area (Å²) in [4.78, 5) is 12.9. The van der Waals surface area contributed by atoms with Crippen LogP contribution in [0.3, 0.4) is 0 Å². The predicted octanol–water partition coefficient (Wildman–Crippen LogP) is 4.45. The molecule has 0 aliphatic carbocycles. The van der Waals surface area contributed by atoms with E-state index in [1.54, 1.807) is 48.5 Å². The highest BCUT2D eigenvalue weighted by atomic mass is 35.5. The van der Waals surface area contributed by atoms with Crippen molar-refractivity contribution in [2.45, 2.75) is 17.9 Å². The molecule has 0 fully saturated rings. The zero-order valence-electron chi connectivity index (χ0n) is 18.2. The Balaban J connectivity index is 1.49. The Kier molecular flexibility index (Phi) is 7.21. The van der Waals surface area contributed by atoms with Crippen LogP contribution in [0.25, 0.3) is 0 Å². The van der Waals surface area contributed by atoms with Gasteiger partial charge in [0.2, 0.25) is 0 Å². The third-order valence-corrected chi connectivity index (χ3v) is 7.46. The Morgan fingerprint density at radius 3 is 2.44 bits per heavy atom. The number of ether oxygens (including phenoxy) is 2. The fourth-order valence-electron chi connectivity index (χ4n) is 3.41. The Morgan fingerprint density at radius 2 is 1.74 bits per heavy atom. The van der Waals surface area contributed by atoms with Crippen molar-refractivity contribution < 1.29 is 22.7 Å². The lowest BCUT2D eigenvalue weighted by Gasteiger charge is -2.34. The van der Waals surface area contributed by atoms with E-state index in [4.69, 9.17) is 32.7 Å². The minimum Gasteiger partial charge on any atom is -0.492 e. The summed E-state index contributed by atoms with van der Waals surface area (Å²) < 4.78 is 39.5. The first kappa shape index (κ1) is 24.2. The number of benzene rings is 3. The minimum atomic E-state index is -3.96. The fraction of sp³-hybridized carbons (Fsp3) is 0.208. The average Bonchev–Trinajstić information content (AvgIpc) is 2.82. The summed E-state index contributed by atoms with van der Waals surface area (Å²) >= 11 is 12.0. The summed E-state index contributed by atoms with van der Waals surface area (Å²) in [6.45, 7) is 2.10. The number of fused-ring (bicyclic) bond motifs is 1. The number of hydrogen-bond donors (Lipinski definition) is 1. The lowest BCUT2D eigenvalue weighted by molar-refractivity contribution is -0.127. The van der Waals surface area contributed by atoms with Crippen LogP contribution in [0.4, 0.5) is 5.69 Å². The van der Waals surface area contributed by atoms with Crippen LogP contribution in [-0.4, -0.2) is 40.1 Å². The Labute approximate surface area is 208 Å². The molecule has 0 unspecified atom stereocenters. The summed E-state index contributed by atoms with van der Waals surface area (Å²) in [7, 11) is -3.96. The third-order valence-electron chi connectivity index (χ3n) is 5.18. The highest BCUT2D eigenvalue weighted by Gasteiger charge is 2.37. The van der Waals surface area contributed by atoms with E-state index < -0.39 is 22.0 Å². The van der Waals surface area contributed by atoms with E-state index in [1.807, 2.05) is 6.92 Å². The first-order valence-corrected chi connectivity index (χ1v) is 12.7. The summed E-state index contributed by atoms with van der Waals surface area (Å²) in [5.41, 5.74) is 1.21. The number of anilines is 1. The summed E-state index contributed by atoms with van der Waals surface area (Å²) in [6, 6.07) is 18.0. The topological polar surface area (TPSA) is 84.9 Å². The number of rotatable bonds is 7. The molecular weight excluding hydrogens is 499 g/mol. The summed E-state index contributed by atoms with van der Waals surface area (Å²) in [6.07, 6.45) is -1.05. The standard InChI is InChI=1S/C24H22Cl2N2O5S/c1-16-2-9-20(10-3-16)34(30,31)28-15-23(33-22-11-6-18(26)14-21(22)28)24(29)27-12-13-32-19-7-4-17(25)5-8-19/h2-11,14,23H,12-13,15H2,1H3,(H,27,29)/t23-/m1/s1. The third kappa shape index (κ3) is 5.41. The number of hydrogen-bond acceptors (Lipinski definition) is 5. The maximum Gasteiger partial charge on any atom is 0.264 e. The normalized spacial score (nSPS) is 15.3. The first-order chi connectivity index (χ1) is 16.2. The van der Waals surface area contributed by atoms with Gasteiger partial charge in [-0.05, 0) is 61.5 Å². The number of sulfonamides is 1. The van der Waals surface area contributed by atoms with Crippen LogP contribution in [0, 0.1) is 6.92 Å². The molecule has 3 aromatic rings. The van der Waals surface area contributed by atoms with Crippen LogP contribution < -0.4 is 19.1 Å². The smallest absolute Gasteiger partial charge is 0.264 e. The van der Waals surface area contributed by atoms with E-state index in [9.17, 15) is 13.2 Å². The number of carbonyl (C=O) groups is 1. The van der Waals surface area contributed by atoms with Crippen LogP contribution in [0.2, 0.25) is 10.0 Å². The van der Waals surface area contributed by atoms with Gasteiger partial charge in [0.1, 0.15) is 18.1 Å². The van der Waals surface area contributed by atoms with Gasteiger partial charge in [0.15, 0.2) is 6.10 Å². The molecule has 0 aromatic heterocycles. The number of halogens is 2. The van der Waals surface area contributed by atoms with Gasteiger partial charge in [-0.2, -0.15) is 0 Å². The molecule has 4 rings (SSSR count). The highest BCUT2D eigenvalue weighted by Crippen LogP contribution is 2.38. The van der Waals surface area contributed by atoms with E-state index in [-0.39, 0.29) is 36.0 Å². The van der Waals surface area contributed by atoms with Gasteiger partial charge >= 0.3 is 0 Å². The van der Waals surface area contributed by atoms with E-state index in [1.165, 1.54) is 18.2 Å². The van der Waals surface area contributed by atoms with E-state index >= 15 is 0 Å². The fourth-order valence-corrected chi connectivity index (χ4v) is 5.17. The van der Waals surface area contributed by atoms with Crippen molar-refractivity contribution in [3.63, 3.8) is 0 Å². The molecule has 34 heavy (non-hydrogen) atoms. The minimum absolute atomic E-state index is 0.112. The summed E-state index contributed by atoms with van der Waals surface area (Å²) in [5, 5.41) is 3.69. The molecule has 0 saturated carbocycles. The van der Waals surface area contributed by atoms with Crippen molar-refractivity contribution in [2.75, 3.05) is 24.0 Å². The second-order valence-corrected chi connectivity index (χ2v) is 10.4. The van der Waals surface area contributed by atoms with Crippen LogP contribution in [0.15, 0.2) is 71.6 Å². The molecule has 1 heterocycles. The van der Waals surface area contributed by atoms with Gasteiger partial charge in [0.25, 0.3) is 15.9 Å². The maximum atomic E-state index is 13.4. The van der Waals surface area contributed by atoms with Gasteiger partial charge in [-0.15, -0.1) is 0 Å². The molecule has 3 aromatic carbocycles. The highest BCUT2D eigenvalue weighted by molar-refractivity contribution is 7.92. The van der Waals surface area contributed by atoms with Crippen LogP contribution in [-0.2, 0) is 14.8 Å². The van der Waals surface area contributed by atoms with Crippen LogP contribution in [0.1, 0.15) is 5.56 Å². The molecule has 1 atom stereocenters. The molecule has 0 spiro atoms. The molecule has 178 valence electrons. The zero-order valence-corrected chi connectivity index (χ0v) is 20.5. The Bertz CT molecular complexity index is 1280. The number of nitrogens with zero attached hydrogens (tertiary/aromatic N) is 1. The number of amides is 1. The second kappa shape index (κ2) is 10.1. The molecule has 1 aliphatic rings. The lowest BCUT2D eigenvalue weighted by Crippen LogP contribution is -2.51. The average molecular weight is 521 g/mol. The van der Waals surface area contributed by atoms with E-state index in [2.05, 4.69) is 5.32 Å². The molecule has 0 saturated heterocycles. The largest absolute Gasteiger partial charge is 0.492 e. The number of nitrogens with one attached hydrogen (secondary N) is 1. The molecule has 1 N–H and O–H groups in total. The quantitative estimate of drug-likeness (QED) is 0.465. The van der Waals surface area contributed by atoms with Gasteiger partial charge in [-0.3, -0.25) is 9.10 Å². The molecule has 10 heteroatoms. The Hall–Kier alpha value is -2.94. The number of aryl methyl sites for hydroxylation is 1. The molecule has 7 nitrogen and oxygen atoms in total. The van der Waals surface area contributed by atoms with Gasteiger partial charge < -0.3 is 14.8 Å². The molecule has 1 amide bonds. The van der Waals surface area contributed by atoms with E-state index in [0.717, 1.165) is 9.87 Å². The van der Waals surface area contributed by atoms with Crippen molar-refractivity contribution in [1.29, 1.82) is 0 Å². The van der Waals surface area contributed by atoms with Crippen molar-refractivity contribution >= 4 is 44.8 Å². The van der Waals surface area contributed by atoms with Crippen molar-refractivity contribution in [1.82, 2.24) is 5.32 Å². The van der Waals surface area contributed by atoms with E-state index in [0.29, 0.717) is 15.8 Å². The maximum absolute atomic E-state index is 13.4. The molecule has 0 bridgehead atoms. The van der Waals surface area contributed by atoms with Gasteiger partial charge in [0, 0.05) is 10.0 Å². The van der Waals surface area contributed by atoms with Gasteiger partial charge in [0.05, 0.1) is 23.7 Å². The molecule has 1 aliphatic heterocycles. The monoisotopic (exact) mass is 520 g/mol. The lowest BCUT2D eigenvalue weighted by atomic mass is 10.2. The molecular formula is C24H22Cl2N2O5S. The van der Waals surface area contributed by atoms with Crippen LogP contribution >= 0.6 is 23.2 Å². The first-order valence-electron chi connectivity index (χ1n) is 10.5. The predicted molar refractivity (Wildman–Crippen MR) is 132 cm³/mol. The van der Waals surface area contributed by atoms with Crippen molar-refractivity contribution in [2.24, 2.45) is 0 Å². The molecule has 0 radical (unpaired) electrons. The zero-order chi connectivity index (χ0) is 24.3. The number of carbonyl (C=O) groups excluding carboxylic acids is 1. The summed E-state index contributed by atoms with van der Waals surface area (Å²) in [5.74, 6) is 0.419. The Morgan fingerprint density at radius 1 is 1.06 bits per heavy atom.